The number of nitrogens with zero attached hydrogens (tertiary/aromatic N) is 7. The van der Waals surface area contributed by atoms with E-state index < -0.39 is 0 Å². The van der Waals surface area contributed by atoms with E-state index in [1.54, 1.807) is 0 Å². The third kappa shape index (κ3) is 5.84. The molecule has 0 atom stereocenters. The molecule has 0 amide bonds. The predicted molar refractivity (Wildman–Crippen MR) is 177 cm³/mol. The van der Waals surface area contributed by atoms with Crippen molar-refractivity contribution in [3.05, 3.63) is 150 Å². The Labute approximate surface area is 263 Å². The predicted octanol–water partition coefficient (Wildman–Crippen LogP) is 8.96. The maximum atomic E-state index is 5.00. The molecule has 0 fully saturated rings. The second-order valence-corrected chi connectivity index (χ2v) is 10.8. The van der Waals surface area contributed by atoms with Gasteiger partial charge in [0.25, 0.3) is 0 Å². The van der Waals surface area contributed by atoms with Crippen molar-refractivity contribution < 1.29 is 0 Å². The number of hydrogen-bond acceptors (Lipinski definition) is 7. The van der Waals surface area contributed by atoms with Crippen LogP contribution in [0.1, 0.15) is 0 Å². The highest BCUT2D eigenvalue weighted by Gasteiger charge is 2.24. The zero-order valence-corrected chi connectivity index (χ0v) is 25.0. The first-order valence-corrected chi connectivity index (χ1v) is 14.8. The zero-order valence-electron chi connectivity index (χ0n) is 23.4. The van der Waals surface area contributed by atoms with Gasteiger partial charge in [-0.1, -0.05) is 137 Å². The van der Waals surface area contributed by atoms with Crippen LogP contribution in [-0.2, 0) is 0 Å². The van der Waals surface area contributed by atoms with E-state index in [2.05, 4.69) is 15.9 Å². The van der Waals surface area contributed by atoms with E-state index in [-0.39, 0.29) is 0 Å². The molecule has 0 saturated heterocycles. The minimum atomic E-state index is 0.379. The molecule has 210 valence electrons. The summed E-state index contributed by atoms with van der Waals surface area (Å²) in [7, 11) is 0. The summed E-state index contributed by atoms with van der Waals surface area (Å²) in [6.07, 6.45) is 0. The van der Waals surface area contributed by atoms with Crippen LogP contribution in [0.15, 0.2) is 150 Å². The Morgan fingerprint density at radius 1 is 0.341 bits per heavy atom. The summed E-state index contributed by atoms with van der Waals surface area (Å²) in [6.45, 7) is 0. The Morgan fingerprint density at radius 2 is 0.636 bits per heavy atom. The van der Waals surface area contributed by atoms with Crippen molar-refractivity contribution in [1.82, 2.24) is 29.9 Å². The van der Waals surface area contributed by atoms with Crippen LogP contribution < -0.4 is 4.90 Å². The average Bonchev–Trinajstić information content (AvgIpc) is 3.10. The van der Waals surface area contributed by atoms with Crippen LogP contribution in [0.25, 0.3) is 45.6 Å². The molecule has 0 aliphatic carbocycles. The van der Waals surface area contributed by atoms with Crippen molar-refractivity contribution >= 4 is 33.5 Å². The maximum Gasteiger partial charge on any atom is 0.241 e. The normalized spacial score (nSPS) is 10.8. The third-order valence-corrected chi connectivity index (χ3v) is 7.39. The fourth-order valence-corrected chi connectivity index (χ4v) is 4.97. The minimum absolute atomic E-state index is 0.379. The molecule has 7 aromatic rings. The van der Waals surface area contributed by atoms with Crippen molar-refractivity contribution in [1.29, 1.82) is 0 Å². The van der Waals surface area contributed by atoms with Crippen LogP contribution in [0.5, 0.6) is 0 Å². The van der Waals surface area contributed by atoms with Crippen LogP contribution in [-0.4, -0.2) is 29.9 Å². The molecule has 0 N–H and O–H groups in total. The second-order valence-electron chi connectivity index (χ2n) is 9.84. The van der Waals surface area contributed by atoms with Gasteiger partial charge in [-0.05, 0) is 24.3 Å². The van der Waals surface area contributed by atoms with Crippen LogP contribution in [0.4, 0.5) is 17.6 Å². The molecule has 7 nitrogen and oxygen atoms in total. The minimum Gasteiger partial charge on any atom is -0.246 e. The topological polar surface area (TPSA) is 80.6 Å². The standard InChI is InChI=1S/C36H24BrN7/c37-29-21-23-30(24-22-29)44(35-40-31(25-13-5-1-6-14-25)38-32(41-35)26-15-7-2-8-16-26)36-42-33(27-17-9-3-10-18-27)39-34(43-36)28-19-11-4-12-20-28/h1-24H. The summed E-state index contributed by atoms with van der Waals surface area (Å²) in [5, 5.41) is 0. The molecule has 0 saturated carbocycles. The number of anilines is 3. The Balaban J connectivity index is 1.50. The van der Waals surface area contributed by atoms with Crippen LogP contribution in [0, 0.1) is 0 Å². The summed E-state index contributed by atoms with van der Waals surface area (Å²) in [6, 6.07) is 47.4. The second kappa shape index (κ2) is 12.3. The zero-order chi connectivity index (χ0) is 29.7. The highest BCUT2D eigenvalue weighted by Crippen LogP contribution is 2.35. The van der Waals surface area contributed by atoms with Crippen LogP contribution in [0.2, 0.25) is 0 Å². The van der Waals surface area contributed by atoms with Gasteiger partial charge >= 0.3 is 0 Å². The fourth-order valence-electron chi connectivity index (χ4n) is 4.71. The highest BCUT2D eigenvalue weighted by molar-refractivity contribution is 9.10. The Kier molecular flexibility index (Phi) is 7.63. The highest BCUT2D eigenvalue weighted by atomic mass is 79.9. The van der Waals surface area contributed by atoms with E-state index in [0.29, 0.717) is 35.2 Å². The van der Waals surface area contributed by atoms with Gasteiger partial charge in [0, 0.05) is 26.7 Å². The van der Waals surface area contributed by atoms with Gasteiger partial charge in [0.15, 0.2) is 23.3 Å². The molecule has 7 rings (SSSR count). The molecule has 0 aliphatic heterocycles. The quantitative estimate of drug-likeness (QED) is 0.173. The molecular formula is C36H24BrN7. The van der Waals surface area contributed by atoms with E-state index >= 15 is 0 Å². The molecule has 2 aromatic heterocycles. The first-order chi connectivity index (χ1) is 21.7. The lowest BCUT2D eigenvalue weighted by molar-refractivity contribution is 0.964. The third-order valence-electron chi connectivity index (χ3n) is 6.86. The van der Waals surface area contributed by atoms with Gasteiger partial charge in [0.05, 0.1) is 5.69 Å². The lowest BCUT2D eigenvalue weighted by Crippen LogP contribution is -2.19. The summed E-state index contributed by atoms with van der Waals surface area (Å²) < 4.78 is 0.942. The maximum absolute atomic E-state index is 5.00. The first kappa shape index (κ1) is 27.2. The van der Waals surface area contributed by atoms with Gasteiger partial charge in [0.1, 0.15) is 0 Å². The van der Waals surface area contributed by atoms with Crippen molar-refractivity contribution in [2.45, 2.75) is 0 Å². The SMILES string of the molecule is Brc1ccc(N(c2nc(-c3ccccc3)nc(-c3ccccc3)n2)c2nc(-c3ccccc3)nc(-c3ccccc3)n2)cc1. The van der Waals surface area contributed by atoms with Gasteiger partial charge in [-0.2, -0.15) is 19.9 Å². The summed E-state index contributed by atoms with van der Waals surface area (Å²) >= 11 is 3.57. The Bertz CT molecular complexity index is 1760. The van der Waals surface area contributed by atoms with Crippen molar-refractivity contribution in [2.75, 3.05) is 4.90 Å². The van der Waals surface area contributed by atoms with E-state index in [4.69, 9.17) is 29.9 Å². The number of benzene rings is 5. The van der Waals surface area contributed by atoms with E-state index in [9.17, 15) is 0 Å². The lowest BCUT2D eigenvalue weighted by atomic mass is 10.2. The number of halogens is 1. The summed E-state index contributed by atoms with van der Waals surface area (Å²) in [4.78, 5) is 31.6. The van der Waals surface area contributed by atoms with Crippen LogP contribution in [0.3, 0.4) is 0 Å². The molecule has 8 heteroatoms. The molecular weight excluding hydrogens is 610 g/mol. The Morgan fingerprint density at radius 3 is 0.932 bits per heavy atom. The first-order valence-electron chi connectivity index (χ1n) is 14.0. The number of hydrogen-bond donors (Lipinski definition) is 0. The van der Waals surface area contributed by atoms with Crippen molar-refractivity contribution in [3.63, 3.8) is 0 Å². The van der Waals surface area contributed by atoms with Gasteiger partial charge in [-0.3, -0.25) is 0 Å². The molecule has 0 radical (unpaired) electrons. The fraction of sp³-hybridized carbons (Fsp3) is 0. The van der Waals surface area contributed by atoms with Crippen molar-refractivity contribution in [2.24, 2.45) is 0 Å². The van der Waals surface area contributed by atoms with Gasteiger partial charge in [-0.15, -0.1) is 0 Å². The van der Waals surface area contributed by atoms with E-state index in [0.717, 1.165) is 32.4 Å². The van der Waals surface area contributed by atoms with Gasteiger partial charge in [-0.25, -0.2) is 14.9 Å². The van der Waals surface area contributed by atoms with Gasteiger partial charge in [0.2, 0.25) is 11.9 Å². The van der Waals surface area contributed by atoms with E-state index in [1.807, 2.05) is 150 Å². The summed E-state index contributed by atoms with van der Waals surface area (Å²) in [5.74, 6) is 2.91. The van der Waals surface area contributed by atoms with E-state index in [1.165, 1.54) is 0 Å². The molecule has 0 aliphatic rings. The number of aromatic nitrogens is 6. The number of rotatable bonds is 7. The Hall–Kier alpha value is -5.60. The monoisotopic (exact) mass is 633 g/mol. The van der Waals surface area contributed by atoms with Crippen molar-refractivity contribution in [3.8, 4) is 45.6 Å². The molecule has 0 spiro atoms. The van der Waals surface area contributed by atoms with Gasteiger partial charge < -0.3 is 0 Å². The summed E-state index contributed by atoms with van der Waals surface area (Å²) in [5.41, 5.74) is 4.26. The van der Waals surface area contributed by atoms with Crippen LogP contribution >= 0.6 is 15.9 Å². The lowest BCUT2D eigenvalue weighted by Gasteiger charge is -2.23. The smallest absolute Gasteiger partial charge is 0.241 e. The molecule has 44 heavy (non-hydrogen) atoms. The molecule has 2 heterocycles. The average molecular weight is 635 g/mol. The molecule has 0 unspecified atom stereocenters. The molecule has 5 aromatic carbocycles. The molecule has 0 bridgehead atoms. The largest absolute Gasteiger partial charge is 0.246 e.